The number of aliphatic carboxylic acids is 1. The molecule has 0 spiro atoms. The quantitative estimate of drug-likeness (QED) is 0.761. The molecular weight excluding hydrogens is 232 g/mol. The van der Waals surface area contributed by atoms with Gasteiger partial charge in [0.2, 0.25) is 0 Å². The van der Waals surface area contributed by atoms with E-state index in [-0.39, 0.29) is 11.9 Å². The van der Waals surface area contributed by atoms with Gasteiger partial charge in [-0.2, -0.15) is 0 Å². The normalized spacial score (nSPS) is 26.9. The highest BCUT2D eigenvalue weighted by Crippen LogP contribution is 2.35. The molecule has 0 aromatic rings. The van der Waals surface area contributed by atoms with Crippen molar-refractivity contribution >= 4 is 11.9 Å². The molecule has 0 unspecified atom stereocenters. The van der Waals surface area contributed by atoms with Crippen molar-refractivity contribution in [3.05, 3.63) is 34.9 Å². The summed E-state index contributed by atoms with van der Waals surface area (Å²) >= 11 is 0. The molecule has 4 heteroatoms. The Hall–Kier alpha value is -1.84. The van der Waals surface area contributed by atoms with Gasteiger partial charge in [-0.05, 0) is 37.3 Å². The van der Waals surface area contributed by atoms with Crippen LogP contribution >= 0.6 is 0 Å². The molecule has 18 heavy (non-hydrogen) atoms. The van der Waals surface area contributed by atoms with Crippen LogP contribution in [0.15, 0.2) is 34.9 Å². The monoisotopic (exact) mass is 248 g/mol. The highest BCUT2D eigenvalue weighted by Gasteiger charge is 2.27. The standard InChI is InChI=1S/C14H16O4/c1-18-14(17)10-4-2-9(3-5-10)11-6-7-12(8-11)13(15)16/h2,4-5,12H,3,6-8H2,1H3,(H,15,16)/b11-9-/t12-/m0/s1. The second-order valence-corrected chi connectivity index (χ2v) is 4.60. The van der Waals surface area contributed by atoms with Crippen molar-refractivity contribution < 1.29 is 19.4 Å². The van der Waals surface area contributed by atoms with E-state index in [2.05, 4.69) is 4.74 Å². The molecule has 0 bridgehead atoms. The maximum Gasteiger partial charge on any atom is 0.337 e. The van der Waals surface area contributed by atoms with E-state index in [1.54, 1.807) is 6.08 Å². The van der Waals surface area contributed by atoms with Crippen molar-refractivity contribution in [3.63, 3.8) is 0 Å². The summed E-state index contributed by atoms with van der Waals surface area (Å²) in [5, 5.41) is 8.96. The lowest BCUT2D eigenvalue weighted by Gasteiger charge is -2.11. The molecule has 1 fully saturated rings. The van der Waals surface area contributed by atoms with Crippen LogP contribution in [0.3, 0.4) is 0 Å². The van der Waals surface area contributed by atoms with Gasteiger partial charge in [0.25, 0.3) is 0 Å². The van der Waals surface area contributed by atoms with E-state index in [0.717, 1.165) is 18.4 Å². The number of esters is 1. The van der Waals surface area contributed by atoms with Gasteiger partial charge < -0.3 is 9.84 Å². The van der Waals surface area contributed by atoms with Crippen LogP contribution in [0.5, 0.6) is 0 Å². The zero-order valence-corrected chi connectivity index (χ0v) is 10.3. The van der Waals surface area contributed by atoms with Crippen molar-refractivity contribution in [1.82, 2.24) is 0 Å². The predicted molar refractivity (Wildman–Crippen MR) is 65.9 cm³/mol. The number of ether oxygens (including phenoxy) is 1. The van der Waals surface area contributed by atoms with Gasteiger partial charge in [0.15, 0.2) is 0 Å². The van der Waals surface area contributed by atoms with Gasteiger partial charge in [0.05, 0.1) is 18.6 Å². The summed E-state index contributed by atoms with van der Waals surface area (Å²) in [5.74, 6) is -1.28. The van der Waals surface area contributed by atoms with E-state index in [1.807, 2.05) is 12.2 Å². The van der Waals surface area contributed by atoms with E-state index in [9.17, 15) is 9.59 Å². The smallest absolute Gasteiger partial charge is 0.337 e. The molecule has 2 rings (SSSR count). The van der Waals surface area contributed by atoms with Crippen molar-refractivity contribution in [1.29, 1.82) is 0 Å². The fourth-order valence-corrected chi connectivity index (χ4v) is 2.43. The van der Waals surface area contributed by atoms with Crippen LogP contribution in [0.2, 0.25) is 0 Å². The Morgan fingerprint density at radius 3 is 2.67 bits per heavy atom. The zero-order valence-electron chi connectivity index (χ0n) is 10.3. The number of carboxylic acid groups (broad SMARTS) is 1. The zero-order chi connectivity index (χ0) is 13.1. The lowest BCUT2D eigenvalue weighted by molar-refractivity contribution is -0.141. The second kappa shape index (κ2) is 5.21. The van der Waals surface area contributed by atoms with Gasteiger partial charge in [-0.25, -0.2) is 4.79 Å². The van der Waals surface area contributed by atoms with Crippen LogP contribution in [-0.4, -0.2) is 24.2 Å². The number of hydrogen-bond donors (Lipinski definition) is 1. The third kappa shape index (κ3) is 2.53. The van der Waals surface area contributed by atoms with Crippen LogP contribution in [0.25, 0.3) is 0 Å². The third-order valence-corrected chi connectivity index (χ3v) is 3.52. The topological polar surface area (TPSA) is 63.6 Å². The first-order chi connectivity index (χ1) is 8.61. The number of carbonyl (C=O) groups is 2. The summed E-state index contributed by atoms with van der Waals surface area (Å²) in [6.07, 6.45) is 8.37. The predicted octanol–water partition coefficient (Wildman–Crippen LogP) is 2.23. The molecule has 2 aliphatic rings. The lowest BCUT2D eigenvalue weighted by atomic mass is 9.96. The van der Waals surface area contributed by atoms with Crippen LogP contribution in [-0.2, 0) is 14.3 Å². The Balaban J connectivity index is 2.07. The first-order valence-electron chi connectivity index (χ1n) is 6.02. The summed E-state index contributed by atoms with van der Waals surface area (Å²) in [5.41, 5.74) is 2.92. The first-order valence-corrected chi connectivity index (χ1v) is 6.02. The summed E-state index contributed by atoms with van der Waals surface area (Å²) in [4.78, 5) is 22.2. The summed E-state index contributed by atoms with van der Waals surface area (Å²) in [6.45, 7) is 0. The molecule has 0 amide bonds. The molecule has 4 nitrogen and oxygen atoms in total. The lowest BCUT2D eigenvalue weighted by Crippen LogP contribution is -2.08. The van der Waals surface area contributed by atoms with E-state index >= 15 is 0 Å². The third-order valence-electron chi connectivity index (χ3n) is 3.52. The van der Waals surface area contributed by atoms with E-state index in [4.69, 9.17) is 5.11 Å². The SMILES string of the molecule is COC(=O)C1=CC/C(=C2/CC[C@H](C(=O)O)C2)C=C1. The average Bonchev–Trinajstić information content (AvgIpc) is 2.88. The molecule has 0 aromatic carbocycles. The van der Waals surface area contributed by atoms with Crippen molar-refractivity contribution in [2.24, 2.45) is 5.92 Å². The molecule has 1 N–H and O–H groups in total. The highest BCUT2D eigenvalue weighted by atomic mass is 16.5. The van der Waals surface area contributed by atoms with E-state index in [1.165, 1.54) is 12.7 Å². The van der Waals surface area contributed by atoms with Crippen LogP contribution < -0.4 is 0 Å². The molecule has 0 aliphatic heterocycles. The number of hydrogen-bond acceptors (Lipinski definition) is 3. The van der Waals surface area contributed by atoms with Gasteiger partial charge in [-0.1, -0.05) is 17.7 Å². The van der Waals surface area contributed by atoms with Gasteiger partial charge in [0, 0.05) is 0 Å². The Morgan fingerprint density at radius 2 is 2.17 bits per heavy atom. The van der Waals surface area contributed by atoms with Crippen LogP contribution in [0.4, 0.5) is 0 Å². The van der Waals surface area contributed by atoms with Crippen molar-refractivity contribution in [3.8, 4) is 0 Å². The highest BCUT2D eigenvalue weighted by molar-refractivity contribution is 5.92. The fraction of sp³-hybridized carbons (Fsp3) is 0.429. The van der Waals surface area contributed by atoms with Crippen molar-refractivity contribution in [2.45, 2.75) is 25.7 Å². The van der Waals surface area contributed by atoms with E-state index in [0.29, 0.717) is 18.4 Å². The van der Waals surface area contributed by atoms with Crippen molar-refractivity contribution in [2.75, 3.05) is 7.11 Å². The fourth-order valence-electron chi connectivity index (χ4n) is 2.43. The summed E-state index contributed by atoms with van der Waals surface area (Å²) in [6, 6.07) is 0. The molecule has 0 heterocycles. The molecular formula is C14H16O4. The van der Waals surface area contributed by atoms with E-state index < -0.39 is 5.97 Å². The Labute approximate surface area is 106 Å². The Morgan fingerprint density at radius 1 is 1.39 bits per heavy atom. The number of carbonyl (C=O) groups excluding carboxylic acids is 1. The largest absolute Gasteiger partial charge is 0.481 e. The molecule has 0 radical (unpaired) electrons. The number of allylic oxidation sites excluding steroid dienone is 4. The van der Waals surface area contributed by atoms with Gasteiger partial charge in [-0.15, -0.1) is 0 Å². The summed E-state index contributed by atoms with van der Waals surface area (Å²) < 4.78 is 4.65. The molecule has 0 saturated heterocycles. The maximum absolute atomic E-state index is 11.3. The summed E-state index contributed by atoms with van der Waals surface area (Å²) in [7, 11) is 1.36. The minimum Gasteiger partial charge on any atom is -0.481 e. The Bertz CT molecular complexity index is 468. The van der Waals surface area contributed by atoms with Crippen LogP contribution in [0, 0.1) is 5.92 Å². The first kappa shape index (κ1) is 12.6. The molecule has 1 saturated carbocycles. The minimum absolute atomic E-state index is 0.244. The maximum atomic E-state index is 11.3. The Kier molecular flexibility index (Phi) is 3.65. The molecule has 1 atom stereocenters. The van der Waals surface area contributed by atoms with Gasteiger partial charge >= 0.3 is 11.9 Å². The molecule has 2 aliphatic carbocycles. The molecule has 96 valence electrons. The minimum atomic E-state index is -0.712. The number of rotatable bonds is 2. The number of methoxy groups -OCH3 is 1. The molecule has 0 aromatic heterocycles. The average molecular weight is 248 g/mol. The second-order valence-electron chi connectivity index (χ2n) is 4.60. The van der Waals surface area contributed by atoms with Crippen LogP contribution in [0.1, 0.15) is 25.7 Å². The van der Waals surface area contributed by atoms with Gasteiger partial charge in [-0.3, -0.25) is 4.79 Å². The van der Waals surface area contributed by atoms with Gasteiger partial charge in [0.1, 0.15) is 0 Å². The number of carboxylic acids is 1.